The first kappa shape index (κ1) is 13.7. The van der Waals surface area contributed by atoms with Crippen molar-refractivity contribution >= 4 is 11.7 Å². The number of methoxy groups -OCH3 is 1. The number of phenols is 1. The van der Waals surface area contributed by atoms with Gasteiger partial charge in [-0.1, -0.05) is 12.1 Å². The van der Waals surface area contributed by atoms with Crippen molar-refractivity contribution in [2.45, 2.75) is 37.8 Å². The van der Waals surface area contributed by atoms with Crippen LogP contribution in [0.2, 0.25) is 0 Å². The third-order valence-corrected chi connectivity index (χ3v) is 3.50. The topological polar surface area (TPSA) is 70.6 Å². The summed E-state index contributed by atoms with van der Waals surface area (Å²) in [6, 6.07) is 6.58. The minimum atomic E-state index is -0.276. The molecule has 0 aromatic heterocycles. The fraction of sp³-hybridized carbons (Fsp3) is 0.500. The van der Waals surface area contributed by atoms with Gasteiger partial charge in [-0.05, 0) is 37.8 Å². The van der Waals surface area contributed by atoms with Crippen LogP contribution in [0.3, 0.4) is 0 Å². The molecule has 3 N–H and O–H groups in total. The van der Waals surface area contributed by atoms with Crippen LogP contribution in [0.25, 0.3) is 0 Å². The quantitative estimate of drug-likeness (QED) is 0.734. The minimum Gasteiger partial charge on any atom is -0.506 e. The van der Waals surface area contributed by atoms with Crippen LogP contribution in [0, 0.1) is 0 Å². The number of rotatable bonds is 3. The van der Waals surface area contributed by atoms with Crippen LogP contribution < -0.4 is 10.6 Å². The van der Waals surface area contributed by atoms with E-state index < -0.39 is 0 Å². The molecule has 0 unspecified atom stereocenters. The van der Waals surface area contributed by atoms with Gasteiger partial charge in [0.15, 0.2) is 0 Å². The zero-order valence-electron chi connectivity index (χ0n) is 11.1. The van der Waals surface area contributed by atoms with Crippen LogP contribution in [0.15, 0.2) is 24.3 Å². The molecule has 5 heteroatoms. The Balaban J connectivity index is 1.81. The number of hydrogen-bond donors (Lipinski definition) is 3. The SMILES string of the molecule is COC1CCC(NC(=O)Nc2ccccc2O)CC1. The molecule has 2 amide bonds. The number of urea groups is 1. The van der Waals surface area contributed by atoms with Gasteiger partial charge in [-0.3, -0.25) is 0 Å². The Bertz CT molecular complexity index is 428. The fourth-order valence-electron chi connectivity index (χ4n) is 2.37. The molecule has 0 saturated heterocycles. The van der Waals surface area contributed by atoms with Crippen LogP contribution in [-0.4, -0.2) is 30.4 Å². The van der Waals surface area contributed by atoms with Crippen molar-refractivity contribution in [1.82, 2.24) is 5.32 Å². The van der Waals surface area contributed by atoms with Crippen molar-refractivity contribution in [3.05, 3.63) is 24.3 Å². The number of anilines is 1. The number of aromatic hydroxyl groups is 1. The van der Waals surface area contributed by atoms with E-state index in [-0.39, 0.29) is 17.8 Å². The Kier molecular flexibility index (Phi) is 4.63. The van der Waals surface area contributed by atoms with E-state index in [2.05, 4.69) is 10.6 Å². The predicted octanol–water partition coefficient (Wildman–Crippen LogP) is 2.47. The van der Waals surface area contributed by atoms with Gasteiger partial charge < -0.3 is 20.5 Å². The van der Waals surface area contributed by atoms with E-state index in [1.54, 1.807) is 31.4 Å². The number of carbonyl (C=O) groups excluding carboxylic acids is 1. The number of benzene rings is 1. The van der Waals surface area contributed by atoms with Gasteiger partial charge in [0.1, 0.15) is 5.75 Å². The van der Waals surface area contributed by atoms with Crippen LogP contribution in [-0.2, 0) is 4.74 Å². The molecule has 0 bridgehead atoms. The zero-order valence-corrected chi connectivity index (χ0v) is 11.1. The van der Waals surface area contributed by atoms with Gasteiger partial charge in [0, 0.05) is 13.2 Å². The van der Waals surface area contributed by atoms with E-state index in [9.17, 15) is 9.90 Å². The normalized spacial score (nSPS) is 22.8. The summed E-state index contributed by atoms with van der Waals surface area (Å²) in [4.78, 5) is 11.8. The average Bonchev–Trinajstić information content (AvgIpc) is 2.42. The lowest BCUT2D eigenvalue weighted by Gasteiger charge is -2.28. The fourth-order valence-corrected chi connectivity index (χ4v) is 2.37. The number of amides is 2. The van der Waals surface area contributed by atoms with Crippen LogP contribution in [0.5, 0.6) is 5.75 Å². The summed E-state index contributed by atoms with van der Waals surface area (Å²) in [6.45, 7) is 0. The Labute approximate surface area is 113 Å². The van der Waals surface area contributed by atoms with Gasteiger partial charge in [-0.25, -0.2) is 4.79 Å². The van der Waals surface area contributed by atoms with E-state index in [0.29, 0.717) is 11.8 Å². The minimum absolute atomic E-state index is 0.0701. The molecule has 1 aliphatic rings. The molecule has 19 heavy (non-hydrogen) atoms. The van der Waals surface area contributed by atoms with Gasteiger partial charge in [0.05, 0.1) is 11.8 Å². The highest BCUT2D eigenvalue weighted by Crippen LogP contribution is 2.23. The number of ether oxygens (including phenoxy) is 1. The van der Waals surface area contributed by atoms with E-state index in [0.717, 1.165) is 25.7 Å². The molecule has 1 aliphatic carbocycles. The van der Waals surface area contributed by atoms with Gasteiger partial charge in [-0.15, -0.1) is 0 Å². The summed E-state index contributed by atoms with van der Waals surface area (Å²) in [5.41, 5.74) is 0.422. The van der Waals surface area contributed by atoms with E-state index >= 15 is 0 Å². The van der Waals surface area contributed by atoms with Crippen molar-refractivity contribution in [3.63, 3.8) is 0 Å². The van der Waals surface area contributed by atoms with Gasteiger partial charge in [-0.2, -0.15) is 0 Å². The summed E-state index contributed by atoms with van der Waals surface area (Å²) >= 11 is 0. The van der Waals surface area contributed by atoms with Gasteiger partial charge >= 0.3 is 6.03 Å². The van der Waals surface area contributed by atoms with E-state index in [4.69, 9.17) is 4.74 Å². The lowest BCUT2D eigenvalue weighted by atomic mass is 9.93. The molecule has 104 valence electrons. The summed E-state index contributed by atoms with van der Waals surface area (Å²) < 4.78 is 5.29. The highest BCUT2D eigenvalue weighted by Gasteiger charge is 2.22. The molecule has 1 aromatic carbocycles. The number of phenolic OH excluding ortho intramolecular Hbond substituents is 1. The Morgan fingerprint density at radius 2 is 1.95 bits per heavy atom. The van der Waals surface area contributed by atoms with Crippen molar-refractivity contribution < 1.29 is 14.6 Å². The maximum absolute atomic E-state index is 11.8. The second-order valence-corrected chi connectivity index (χ2v) is 4.82. The first-order chi connectivity index (χ1) is 9.19. The van der Waals surface area contributed by atoms with E-state index in [1.807, 2.05) is 0 Å². The third-order valence-electron chi connectivity index (χ3n) is 3.50. The first-order valence-corrected chi connectivity index (χ1v) is 6.57. The Morgan fingerprint density at radius 3 is 2.58 bits per heavy atom. The molecule has 1 aromatic rings. The number of hydrogen-bond acceptors (Lipinski definition) is 3. The zero-order chi connectivity index (χ0) is 13.7. The van der Waals surface area contributed by atoms with Crippen molar-refractivity contribution in [3.8, 4) is 5.75 Å². The lowest BCUT2D eigenvalue weighted by Crippen LogP contribution is -2.41. The van der Waals surface area contributed by atoms with Crippen LogP contribution in [0.4, 0.5) is 10.5 Å². The monoisotopic (exact) mass is 264 g/mol. The Hall–Kier alpha value is -1.75. The Morgan fingerprint density at radius 1 is 1.26 bits per heavy atom. The van der Waals surface area contributed by atoms with Crippen molar-refractivity contribution in [1.29, 1.82) is 0 Å². The highest BCUT2D eigenvalue weighted by atomic mass is 16.5. The second-order valence-electron chi connectivity index (χ2n) is 4.82. The summed E-state index contributed by atoms with van der Waals surface area (Å²) in [5, 5.41) is 15.1. The van der Waals surface area contributed by atoms with E-state index in [1.165, 1.54) is 0 Å². The standard InChI is InChI=1S/C14H20N2O3/c1-19-11-8-6-10(7-9-11)15-14(18)16-12-4-2-3-5-13(12)17/h2-5,10-11,17H,6-9H2,1H3,(H2,15,16,18). The number of para-hydroxylation sites is 2. The average molecular weight is 264 g/mol. The molecule has 1 saturated carbocycles. The molecule has 5 nitrogen and oxygen atoms in total. The molecular formula is C14H20N2O3. The molecule has 0 atom stereocenters. The van der Waals surface area contributed by atoms with Gasteiger partial charge in [0.2, 0.25) is 0 Å². The summed E-state index contributed by atoms with van der Waals surface area (Å²) in [6.07, 6.45) is 4.11. The predicted molar refractivity (Wildman–Crippen MR) is 73.3 cm³/mol. The van der Waals surface area contributed by atoms with Gasteiger partial charge in [0.25, 0.3) is 0 Å². The van der Waals surface area contributed by atoms with Crippen LogP contribution in [0.1, 0.15) is 25.7 Å². The third kappa shape index (κ3) is 3.86. The molecule has 0 heterocycles. The maximum atomic E-state index is 11.8. The highest BCUT2D eigenvalue weighted by molar-refractivity contribution is 5.90. The van der Waals surface area contributed by atoms with Crippen molar-refractivity contribution in [2.24, 2.45) is 0 Å². The summed E-state index contributed by atoms with van der Waals surface area (Å²) in [5.74, 6) is 0.0701. The van der Waals surface area contributed by atoms with Crippen LogP contribution >= 0.6 is 0 Å². The smallest absolute Gasteiger partial charge is 0.319 e. The largest absolute Gasteiger partial charge is 0.506 e. The number of nitrogens with one attached hydrogen (secondary N) is 2. The lowest BCUT2D eigenvalue weighted by molar-refractivity contribution is 0.0638. The summed E-state index contributed by atoms with van der Waals surface area (Å²) in [7, 11) is 1.73. The van der Waals surface area contributed by atoms with Crippen molar-refractivity contribution in [2.75, 3.05) is 12.4 Å². The number of carbonyl (C=O) groups is 1. The molecule has 0 radical (unpaired) electrons. The molecule has 0 aliphatic heterocycles. The molecule has 2 rings (SSSR count). The molecular weight excluding hydrogens is 244 g/mol. The second kappa shape index (κ2) is 6.43. The molecule has 0 spiro atoms. The maximum Gasteiger partial charge on any atom is 0.319 e. The first-order valence-electron chi connectivity index (χ1n) is 6.57. The molecule has 1 fully saturated rings.